The van der Waals surface area contributed by atoms with Crippen molar-refractivity contribution in [2.45, 2.75) is 37.9 Å². The largest absolute Gasteiger partial charge is 0.312 e. The van der Waals surface area contributed by atoms with E-state index in [1.165, 1.54) is 28.6 Å². The Morgan fingerprint density at radius 3 is 1.75 bits per heavy atom. The lowest BCUT2D eigenvalue weighted by molar-refractivity contribution is 0.101. The number of Topliss-reactive ketones (excluding diaryl/α,β-unsaturated/α-hetero) is 1. The van der Waals surface area contributed by atoms with Crippen molar-refractivity contribution < 1.29 is 13.2 Å². The zero-order valence-electron chi connectivity index (χ0n) is 15.4. The van der Waals surface area contributed by atoms with Gasteiger partial charge in [-0.05, 0) is 52.4 Å². The molecule has 1 aromatic rings. The van der Waals surface area contributed by atoms with Crippen LogP contribution in [0.5, 0.6) is 0 Å². The highest BCUT2D eigenvalue weighted by Crippen LogP contribution is 2.17. The standard InChI is InChI=1S/C14H20BNO3S.C3H9N/c1-3-9-16(10-4-2)20(18,19)13-7-5-12(6-8-13)14(17)11-15;1-4(2)3/h5-8H,3-4,9-11H2,1-2H3;1-3H3. The molecule has 0 bridgehead atoms. The molecule has 0 heterocycles. The molecule has 0 spiro atoms. The quantitative estimate of drug-likeness (QED) is 0.533. The van der Waals surface area contributed by atoms with E-state index >= 15 is 0 Å². The Kier molecular flexibility index (Phi) is 10.8. The maximum absolute atomic E-state index is 12.5. The molecule has 0 atom stereocenters. The predicted octanol–water partition coefficient (Wildman–Crippen LogP) is 2.44. The van der Waals surface area contributed by atoms with Gasteiger partial charge in [-0.3, -0.25) is 4.79 Å². The fraction of sp³-hybridized carbons (Fsp3) is 0.588. The van der Waals surface area contributed by atoms with E-state index in [0.29, 0.717) is 18.7 Å². The Morgan fingerprint density at radius 2 is 1.42 bits per heavy atom. The molecule has 1 rings (SSSR count). The van der Waals surface area contributed by atoms with Crippen molar-refractivity contribution in [1.82, 2.24) is 9.21 Å². The summed E-state index contributed by atoms with van der Waals surface area (Å²) in [6, 6.07) is 5.96. The van der Waals surface area contributed by atoms with Crippen LogP contribution in [0.2, 0.25) is 6.32 Å². The number of rotatable bonds is 8. The molecule has 0 aliphatic carbocycles. The van der Waals surface area contributed by atoms with Crippen LogP contribution in [-0.2, 0) is 10.0 Å². The predicted molar refractivity (Wildman–Crippen MR) is 100 cm³/mol. The molecule has 7 heteroatoms. The first-order valence-electron chi connectivity index (χ1n) is 8.15. The number of hydrogen-bond acceptors (Lipinski definition) is 4. The van der Waals surface area contributed by atoms with Crippen LogP contribution in [-0.4, -0.2) is 65.5 Å². The number of ketones is 1. The first-order valence-corrected chi connectivity index (χ1v) is 9.59. The van der Waals surface area contributed by atoms with Crippen LogP contribution < -0.4 is 0 Å². The molecule has 0 aliphatic rings. The van der Waals surface area contributed by atoms with E-state index in [0.717, 1.165) is 12.8 Å². The number of benzene rings is 1. The maximum Gasteiger partial charge on any atom is 0.243 e. The summed E-state index contributed by atoms with van der Waals surface area (Å²) < 4.78 is 26.4. The third-order valence-corrected chi connectivity index (χ3v) is 4.86. The Balaban J connectivity index is 0.00000118. The first-order chi connectivity index (χ1) is 11.2. The second-order valence-corrected chi connectivity index (χ2v) is 7.84. The highest BCUT2D eigenvalue weighted by molar-refractivity contribution is 7.89. The second kappa shape index (κ2) is 11.4. The van der Waals surface area contributed by atoms with E-state index < -0.39 is 10.0 Å². The van der Waals surface area contributed by atoms with Crippen molar-refractivity contribution in [2.24, 2.45) is 0 Å². The highest BCUT2D eigenvalue weighted by atomic mass is 32.2. The van der Waals surface area contributed by atoms with Gasteiger partial charge in [0.25, 0.3) is 0 Å². The molecule has 134 valence electrons. The van der Waals surface area contributed by atoms with Gasteiger partial charge in [0.2, 0.25) is 10.0 Å². The van der Waals surface area contributed by atoms with Gasteiger partial charge >= 0.3 is 0 Å². The zero-order chi connectivity index (χ0) is 18.8. The lowest BCUT2D eigenvalue weighted by Crippen LogP contribution is -2.32. The van der Waals surface area contributed by atoms with Crippen LogP contribution in [0.1, 0.15) is 37.0 Å². The fourth-order valence-corrected chi connectivity index (χ4v) is 3.55. The normalized spacial score (nSPS) is 11.3. The Bertz CT molecular complexity index is 578. The topological polar surface area (TPSA) is 57.7 Å². The minimum Gasteiger partial charge on any atom is -0.312 e. The summed E-state index contributed by atoms with van der Waals surface area (Å²) in [5.74, 6) is -0.201. The molecule has 0 aliphatic heterocycles. The third-order valence-electron chi connectivity index (χ3n) is 2.95. The molecule has 0 unspecified atom stereocenters. The van der Waals surface area contributed by atoms with Crippen LogP contribution >= 0.6 is 0 Å². The minimum atomic E-state index is -3.48. The summed E-state index contributed by atoms with van der Waals surface area (Å²) in [4.78, 5) is 13.6. The van der Waals surface area contributed by atoms with Gasteiger partial charge in [-0.2, -0.15) is 4.31 Å². The highest BCUT2D eigenvalue weighted by Gasteiger charge is 2.22. The van der Waals surface area contributed by atoms with Gasteiger partial charge in [0, 0.05) is 18.7 Å². The summed E-state index contributed by atoms with van der Waals surface area (Å²) >= 11 is 0. The number of carbonyl (C=O) groups is 1. The van der Waals surface area contributed by atoms with Gasteiger partial charge in [0.05, 0.1) is 12.7 Å². The van der Waals surface area contributed by atoms with E-state index in [4.69, 9.17) is 7.85 Å². The van der Waals surface area contributed by atoms with E-state index in [9.17, 15) is 13.2 Å². The lowest BCUT2D eigenvalue weighted by atomic mass is 9.96. The SMILES string of the molecule is CN(C)C.[B]CC(=O)c1ccc(S(=O)(=O)N(CCC)CCC)cc1. The van der Waals surface area contributed by atoms with Crippen LogP contribution in [0.15, 0.2) is 29.2 Å². The molecular weight excluding hydrogens is 323 g/mol. The van der Waals surface area contributed by atoms with E-state index in [-0.39, 0.29) is 17.0 Å². The van der Waals surface area contributed by atoms with Crippen molar-refractivity contribution in [3.8, 4) is 0 Å². The maximum atomic E-state index is 12.5. The van der Waals surface area contributed by atoms with Crippen molar-refractivity contribution in [3.63, 3.8) is 0 Å². The van der Waals surface area contributed by atoms with Gasteiger partial charge in [-0.25, -0.2) is 8.42 Å². The summed E-state index contributed by atoms with van der Waals surface area (Å²) in [5.41, 5.74) is 0.434. The second-order valence-electron chi connectivity index (χ2n) is 5.90. The molecule has 0 saturated carbocycles. The molecule has 0 saturated heterocycles. The lowest BCUT2D eigenvalue weighted by Gasteiger charge is -2.21. The van der Waals surface area contributed by atoms with Crippen LogP contribution in [0, 0.1) is 0 Å². The minimum absolute atomic E-state index is 0.0795. The number of carbonyl (C=O) groups excluding carboxylic acids is 1. The smallest absolute Gasteiger partial charge is 0.243 e. The number of nitrogens with zero attached hydrogens (tertiary/aromatic N) is 2. The van der Waals surface area contributed by atoms with Gasteiger partial charge in [-0.15, -0.1) is 0 Å². The summed E-state index contributed by atoms with van der Waals surface area (Å²) in [6.45, 7) is 4.89. The van der Waals surface area contributed by atoms with Crippen molar-refractivity contribution in [2.75, 3.05) is 34.2 Å². The zero-order valence-corrected chi connectivity index (χ0v) is 16.3. The van der Waals surface area contributed by atoms with E-state index in [1.807, 2.05) is 39.9 Å². The van der Waals surface area contributed by atoms with Crippen LogP contribution in [0.3, 0.4) is 0 Å². The fourth-order valence-electron chi connectivity index (χ4n) is 1.93. The number of hydrogen-bond donors (Lipinski definition) is 0. The summed E-state index contributed by atoms with van der Waals surface area (Å²) in [7, 11) is 7.80. The van der Waals surface area contributed by atoms with E-state index in [1.54, 1.807) is 0 Å². The van der Waals surface area contributed by atoms with Crippen molar-refractivity contribution in [1.29, 1.82) is 0 Å². The van der Waals surface area contributed by atoms with E-state index in [2.05, 4.69) is 0 Å². The molecule has 5 nitrogen and oxygen atoms in total. The average Bonchev–Trinajstić information content (AvgIpc) is 2.53. The summed E-state index contributed by atoms with van der Waals surface area (Å²) in [6.07, 6.45) is 1.45. The molecule has 24 heavy (non-hydrogen) atoms. The summed E-state index contributed by atoms with van der Waals surface area (Å²) in [5, 5.41) is 0. The molecule has 2 radical (unpaired) electrons. The Hall–Kier alpha value is -1.18. The van der Waals surface area contributed by atoms with Gasteiger partial charge in [0.1, 0.15) is 0 Å². The molecule has 1 aromatic carbocycles. The molecule has 0 N–H and O–H groups in total. The van der Waals surface area contributed by atoms with Crippen molar-refractivity contribution >= 4 is 23.7 Å². The van der Waals surface area contributed by atoms with Crippen LogP contribution in [0.4, 0.5) is 0 Å². The first kappa shape index (κ1) is 22.8. The van der Waals surface area contributed by atoms with Gasteiger partial charge in [0.15, 0.2) is 5.78 Å². The van der Waals surface area contributed by atoms with Gasteiger partial charge in [-0.1, -0.05) is 26.0 Å². The monoisotopic (exact) mass is 352 g/mol. The van der Waals surface area contributed by atoms with Gasteiger partial charge < -0.3 is 4.90 Å². The van der Waals surface area contributed by atoms with Crippen molar-refractivity contribution in [3.05, 3.63) is 29.8 Å². The Morgan fingerprint density at radius 1 is 1.00 bits per heavy atom. The Labute approximate surface area is 148 Å². The molecule has 0 amide bonds. The third kappa shape index (κ3) is 7.60. The molecule has 0 fully saturated rings. The average molecular weight is 352 g/mol. The number of sulfonamides is 1. The molecule has 0 aromatic heterocycles. The molecular formula is C17H29BN2O3S. The van der Waals surface area contributed by atoms with Crippen LogP contribution in [0.25, 0.3) is 0 Å².